The van der Waals surface area contributed by atoms with Crippen LogP contribution in [0.25, 0.3) is 11.8 Å². The zero-order chi connectivity index (χ0) is 22.8. The van der Waals surface area contributed by atoms with E-state index in [-0.39, 0.29) is 29.1 Å². The molecule has 0 aliphatic carbocycles. The molecule has 3 amide bonds. The first-order chi connectivity index (χ1) is 15.4. The lowest BCUT2D eigenvalue weighted by Crippen LogP contribution is -2.30. The molecular weight excluding hydrogens is 414 g/mol. The molecule has 0 bridgehead atoms. The van der Waals surface area contributed by atoms with E-state index >= 15 is 0 Å². The minimum absolute atomic E-state index is 0.0112. The number of nitrogens with one attached hydrogen (secondary N) is 2. The van der Waals surface area contributed by atoms with Gasteiger partial charge >= 0.3 is 6.03 Å². The average molecular weight is 433 g/mol. The Morgan fingerprint density at radius 3 is 2.34 bits per heavy atom. The molecule has 0 saturated carbocycles. The zero-order valence-corrected chi connectivity index (χ0v) is 17.1. The topological polar surface area (TPSA) is 130 Å². The standard InChI is InChI=1S/C22H19N5O5/c1-2-18-17(20(28)26(24-18)15-6-4-3-5-7-15)12-19-21(29)25(22(30)23-19)13-14-8-10-16(11-9-14)27(31)32/h3-12,24H,2,13H2,1H3,(H,23,30). The number of carbonyl (C=O) groups is 2. The van der Waals surface area contributed by atoms with Crippen molar-refractivity contribution < 1.29 is 14.5 Å². The van der Waals surface area contributed by atoms with Gasteiger partial charge in [0.05, 0.1) is 22.7 Å². The molecule has 1 aliphatic heterocycles. The predicted molar refractivity (Wildman–Crippen MR) is 116 cm³/mol. The van der Waals surface area contributed by atoms with Crippen molar-refractivity contribution in [2.75, 3.05) is 0 Å². The lowest BCUT2D eigenvalue weighted by atomic mass is 10.1. The van der Waals surface area contributed by atoms with E-state index in [1.54, 1.807) is 12.1 Å². The summed E-state index contributed by atoms with van der Waals surface area (Å²) >= 11 is 0. The Balaban J connectivity index is 1.62. The Kier molecular flexibility index (Phi) is 5.42. The van der Waals surface area contributed by atoms with Gasteiger partial charge < -0.3 is 5.32 Å². The Morgan fingerprint density at radius 1 is 1.03 bits per heavy atom. The number of para-hydroxylation sites is 1. The number of amides is 3. The summed E-state index contributed by atoms with van der Waals surface area (Å²) < 4.78 is 1.39. The first-order valence-electron chi connectivity index (χ1n) is 9.86. The summed E-state index contributed by atoms with van der Waals surface area (Å²) in [7, 11) is 0. The van der Waals surface area contributed by atoms with Crippen molar-refractivity contribution >= 4 is 23.7 Å². The summed E-state index contributed by atoms with van der Waals surface area (Å²) in [5.74, 6) is -0.581. The smallest absolute Gasteiger partial charge is 0.303 e. The molecule has 0 atom stereocenters. The third-order valence-corrected chi connectivity index (χ3v) is 5.11. The van der Waals surface area contributed by atoms with Gasteiger partial charge in [-0.05, 0) is 30.2 Å². The van der Waals surface area contributed by atoms with E-state index in [1.807, 2.05) is 25.1 Å². The fraction of sp³-hybridized carbons (Fsp3) is 0.136. The van der Waals surface area contributed by atoms with E-state index in [9.17, 15) is 24.5 Å². The van der Waals surface area contributed by atoms with Crippen LogP contribution in [0.15, 0.2) is 65.1 Å². The molecule has 0 unspecified atom stereocenters. The molecule has 1 aromatic heterocycles. The fourth-order valence-corrected chi connectivity index (χ4v) is 3.44. The van der Waals surface area contributed by atoms with Crippen molar-refractivity contribution in [3.63, 3.8) is 0 Å². The molecule has 1 fully saturated rings. The van der Waals surface area contributed by atoms with Gasteiger partial charge in [-0.1, -0.05) is 37.3 Å². The Bertz CT molecular complexity index is 1290. The molecule has 4 rings (SSSR count). The van der Waals surface area contributed by atoms with Crippen molar-refractivity contribution in [3.05, 3.63) is 97.6 Å². The van der Waals surface area contributed by atoms with Crippen molar-refractivity contribution in [2.24, 2.45) is 0 Å². The van der Waals surface area contributed by atoms with E-state index < -0.39 is 16.9 Å². The van der Waals surface area contributed by atoms with Gasteiger partial charge in [-0.25, -0.2) is 9.48 Å². The second kappa shape index (κ2) is 8.34. The van der Waals surface area contributed by atoms with Crippen LogP contribution in [0.4, 0.5) is 10.5 Å². The maximum atomic E-state index is 13.0. The number of imide groups is 1. The van der Waals surface area contributed by atoms with E-state index in [1.165, 1.54) is 35.0 Å². The van der Waals surface area contributed by atoms with E-state index in [0.29, 0.717) is 23.4 Å². The number of aromatic amines is 1. The van der Waals surface area contributed by atoms with Crippen LogP contribution in [-0.2, 0) is 17.8 Å². The second-order valence-corrected chi connectivity index (χ2v) is 7.14. The Morgan fingerprint density at radius 2 is 1.72 bits per heavy atom. The first kappa shape index (κ1) is 20.8. The number of nitrogens with zero attached hydrogens (tertiary/aromatic N) is 3. The summed E-state index contributed by atoms with van der Waals surface area (Å²) in [5.41, 5.74) is 1.70. The molecule has 32 heavy (non-hydrogen) atoms. The van der Waals surface area contributed by atoms with Crippen LogP contribution in [0, 0.1) is 10.1 Å². The van der Waals surface area contributed by atoms with Gasteiger partial charge in [0.1, 0.15) is 5.70 Å². The third-order valence-electron chi connectivity index (χ3n) is 5.11. The van der Waals surface area contributed by atoms with Crippen molar-refractivity contribution in [2.45, 2.75) is 19.9 Å². The summed E-state index contributed by atoms with van der Waals surface area (Å²) in [6.07, 6.45) is 1.90. The van der Waals surface area contributed by atoms with Crippen LogP contribution >= 0.6 is 0 Å². The lowest BCUT2D eigenvalue weighted by Gasteiger charge is -2.11. The first-order valence-corrected chi connectivity index (χ1v) is 9.86. The normalized spacial score (nSPS) is 14.8. The third kappa shape index (κ3) is 3.81. The van der Waals surface area contributed by atoms with Gasteiger partial charge in [0.25, 0.3) is 17.2 Å². The lowest BCUT2D eigenvalue weighted by molar-refractivity contribution is -0.384. The summed E-state index contributed by atoms with van der Waals surface area (Å²) in [6.45, 7) is 1.82. The molecule has 162 valence electrons. The number of urea groups is 1. The monoisotopic (exact) mass is 433 g/mol. The quantitative estimate of drug-likeness (QED) is 0.267. The number of non-ortho nitro benzene ring substituents is 1. The highest BCUT2D eigenvalue weighted by atomic mass is 16.6. The SMILES string of the molecule is CCc1[nH]n(-c2ccccc2)c(=O)c1C=C1NC(=O)N(Cc2ccc([N+](=O)[O-])cc2)C1=O. The number of rotatable bonds is 6. The highest BCUT2D eigenvalue weighted by molar-refractivity contribution is 6.13. The van der Waals surface area contributed by atoms with Gasteiger partial charge in [0.15, 0.2) is 0 Å². The molecule has 3 aromatic rings. The van der Waals surface area contributed by atoms with Crippen molar-refractivity contribution in [1.29, 1.82) is 0 Å². The number of hydrogen-bond donors (Lipinski definition) is 2. The second-order valence-electron chi connectivity index (χ2n) is 7.14. The maximum Gasteiger partial charge on any atom is 0.329 e. The molecule has 0 spiro atoms. The number of nitro benzene ring substituents is 1. The van der Waals surface area contributed by atoms with E-state index in [4.69, 9.17) is 0 Å². The predicted octanol–water partition coefficient (Wildman–Crippen LogP) is 2.73. The molecule has 2 aromatic carbocycles. The molecule has 1 aliphatic rings. The molecule has 2 heterocycles. The highest BCUT2D eigenvalue weighted by Gasteiger charge is 2.34. The van der Waals surface area contributed by atoms with Crippen molar-refractivity contribution in [1.82, 2.24) is 20.0 Å². The van der Waals surface area contributed by atoms with Crippen LogP contribution in [0.3, 0.4) is 0 Å². The Labute approximate surface area is 181 Å². The van der Waals surface area contributed by atoms with Crippen LogP contribution in [0.5, 0.6) is 0 Å². The van der Waals surface area contributed by atoms with E-state index in [2.05, 4.69) is 10.4 Å². The van der Waals surface area contributed by atoms with Crippen LogP contribution in [0.2, 0.25) is 0 Å². The van der Waals surface area contributed by atoms with Gasteiger partial charge in [-0.2, -0.15) is 0 Å². The van der Waals surface area contributed by atoms with Gasteiger partial charge in [-0.3, -0.25) is 29.7 Å². The van der Waals surface area contributed by atoms with Crippen molar-refractivity contribution in [3.8, 4) is 5.69 Å². The number of hydrogen-bond acceptors (Lipinski definition) is 5. The van der Waals surface area contributed by atoms with Gasteiger partial charge in [-0.15, -0.1) is 0 Å². The molecule has 2 N–H and O–H groups in total. The zero-order valence-electron chi connectivity index (χ0n) is 17.1. The van der Waals surface area contributed by atoms with E-state index in [0.717, 1.165) is 4.90 Å². The molecule has 10 heteroatoms. The summed E-state index contributed by atoms with van der Waals surface area (Å²) in [6, 6.07) is 14.0. The number of aryl methyl sites for hydroxylation is 1. The molecule has 10 nitrogen and oxygen atoms in total. The van der Waals surface area contributed by atoms with Crippen LogP contribution < -0.4 is 10.9 Å². The largest absolute Gasteiger partial charge is 0.329 e. The summed E-state index contributed by atoms with van der Waals surface area (Å²) in [4.78, 5) is 49.4. The minimum Gasteiger partial charge on any atom is -0.303 e. The molecular formula is C22H19N5O5. The average Bonchev–Trinajstić information content (AvgIpc) is 3.25. The van der Waals surface area contributed by atoms with Crippen LogP contribution in [0.1, 0.15) is 23.7 Å². The Hall–Kier alpha value is -4.47. The minimum atomic E-state index is -0.628. The maximum absolute atomic E-state index is 13.0. The molecule has 0 radical (unpaired) electrons. The number of aromatic nitrogens is 2. The number of benzene rings is 2. The fourth-order valence-electron chi connectivity index (χ4n) is 3.44. The molecule has 1 saturated heterocycles. The van der Waals surface area contributed by atoms with Crippen LogP contribution in [-0.4, -0.2) is 31.5 Å². The number of nitro groups is 1. The number of H-pyrrole nitrogens is 1. The van der Waals surface area contributed by atoms with Gasteiger partial charge in [0.2, 0.25) is 0 Å². The summed E-state index contributed by atoms with van der Waals surface area (Å²) in [5, 5.41) is 16.3. The number of carbonyl (C=O) groups excluding carboxylic acids is 2. The van der Waals surface area contributed by atoms with Gasteiger partial charge in [0, 0.05) is 17.8 Å². The highest BCUT2D eigenvalue weighted by Crippen LogP contribution is 2.19.